The largest absolute Gasteiger partial charge is 0.147 e. The van der Waals surface area contributed by atoms with E-state index in [0.717, 1.165) is 0 Å². The molecule has 0 radical (unpaired) electrons. The van der Waals surface area contributed by atoms with E-state index in [4.69, 9.17) is 11.6 Å². The highest BCUT2D eigenvalue weighted by atomic mass is 35.5. The van der Waals surface area contributed by atoms with Gasteiger partial charge in [-0.3, -0.25) is 0 Å². The maximum Gasteiger partial charge on any atom is 0.0930 e. The van der Waals surface area contributed by atoms with Gasteiger partial charge in [0.25, 0.3) is 0 Å². The van der Waals surface area contributed by atoms with Crippen molar-refractivity contribution in [1.29, 1.82) is 0 Å². The van der Waals surface area contributed by atoms with E-state index in [1.165, 1.54) is 21.6 Å². The average molecular weight is 279 g/mol. The van der Waals surface area contributed by atoms with Gasteiger partial charge < -0.3 is 0 Å². The van der Waals surface area contributed by atoms with Gasteiger partial charge in [-0.1, -0.05) is 45.0 Å². The summed E-state index contributed by atoms with van der Waals surface area (Å²) >= 11 is 8.29. The number of halogens is 1. The lowest BCUT2D eigenvalue weighted by atomic mass is 9.86. The Morgan fingerprint density at radius 2 is 1.67 bits per heavy atom. The van der Waals surface area contributed by atoms with E-state index in [0.29, 0.717) is 0 Å². The molecule has 0 N–H and O–H groups in total. The van der Waals surface area contributed by atoms with Crippen molar-refractivity contribution in [2.75, 3.05) is 0 Å². The summed E-state index contributed by atoms with van der Waals surface area (Å²) in [6, 6.07) is 10.8. The molecule has 1 aromatic heterocycles. The minimum absolute atomic E-state index is 0.0287. The molecule has 2 rings (SSSR count). The SMILES string of the molecule is Cc1ccsc1C(Cl)c1ccc(C(C)(C)C)cc1. The Kier molecular flexibility index (Phi) is 3.84. The molecule has 0 saturated carbocycles. The molecule has 0 fully saturated rings. The number of benzene rings is 1. The van der Waals surface area contributed by atoms with Crippen LogP contribution in [0.3, 0.4) is 0 Å². The van der Waals surface area contributed by atoms with Crippen LogP contribution in [0.4, 0.5) is 0 Å². The number of thiophene rings is 1. The number of alkyl halides is 1. The van der Waals surface area contributed by atoms with Crippen LogP contribution in [0, 0.1) is 6.92 Å². The standard InChI is InChI=1S/C16H19ClS/c1-11-9-10-18-15(11)14(17)12-5-7-13(8-6-12)16(2,3)4/h5-10,14H,1-4H3. The van der Waals surface area contributed by atoms with Gasteiger partial charge >= 0.3 is 0 Å². The zero-order valence-electron chi connectivity index (χ0n) is 11.3. The molecule has 96 valence electrons. The molecule has 18 heavy (non-hydrogen) atoms. The van der Waals surface area contributed by atoms with Gasteiger partial charge in [0.1, 0.15) is 0 Å². The van der Waals surface area contributed by atoms with Crippen molar-refractivity contribution in [3.63, 3.8) is 0 Å². The van der Waals surface area contributed by atoms with E-state index in [2.05, 4.69) is 63.4 Å². The van der Waals surface area contributed by atoms with Crippen LogP contribution in [0.1, 0.15) is 47.7 Å². The van der Waals surface area contributed by atoms with Crippen molar-refractivity contribution in [1.82, 2.24) is 0 Å². The zero-order chi connectivity index (χ0) is 13.3. The Morgan fingerprint density at radius 3 is 2.11 bits per heavy atom. The predicted octanol–water partition coefficient (Wildman–Crippen LogP) is 5.68. The molecule has 0 aliphatic heterocycles. The van der Waals surface area contributed by atoms with Crippen LogP contribution in [-0.2, 0) is 5.41 Å². The summed E-state index contributed by atoms with van der Waals surface area (Å²) in [6.07, 6.45) is 0. The minimum atomic E-state index is -0.0287. The molecule has 0 aliphatic rings. The Hall–Kier alpha value is -0.790. The first-order chi connectivity index (χ1) is 8.39. The fourth-order valence-corrected chi connectivity index (χ4v) is 3.35. The van der Waals surface area contributed by atoms with Gasteiger partial charge in [-0.05, 0) is 40.5 Å². The summed E-state index contributed by atoms with van der Waals surface area (Å²) < 4.78 is 0. The van der Waals surface area contributed by atoms with E-state index in [-0.39, 0.29) is 10.8 Å². The fourth-order valence-electron chi connectivity index (χ4n) is 1.95. The third-order valence-corrected chi connectivity index (χ3v) is 4.88. The maximum absolute atomic E-state index is 6.56. The summed E-state index contributed by atoms with van der Waals surface area (Å²) in [5.41, 5.74) is 3.99. The van der Waals surface area contributed by atoms with Crippen molar-refractivity contribution in [2.45, 2.75) is 38.5 Å². The zero-order valence-corrected chi connectivity index (χ0v) is 12.9. The van der Waals surface area contributed by atoms with Gasteiger partial charge in [-0.15, -0.1) is 22.9 Å². The van der Waals surface area contributed by atoms with Crippen LogP contribution in [0.15, 0.2) is 35.7 Å². The molecule has 0 aliphatic carbocycles. The van der Waals surface area contributed by atoms with Crippen molar-refractivity contribution >= 4 is 22.9 Å². The molecule has 1 aromatic carbocycles. The third-order valence-electron chi connectivity index (χ3n) is 3.20. The van der Waals surface area contributed by atoms with Gasteiger partial charge in [-0.25, -0.2) is 0 Å². The van der Waals surface area contributed by atoms with E-state index in [1.807, 2.05) is 0 Å². The smallest absolute Gasteiger partial charge is 0.0930 e. The molecule has 2 heteroatoms. The molecule has 0 spiro atoms. The van der Waals surface area contributed by atoms with Crippen LogP contribution < -0.4 is 0 Å². The lowest BCUT2D eigenvalue weighted by Gasteiger charge is -2.20. The highest BCUT2D eigenvalue weighted by Crippen LogP contribution is 2.35. The van der Waals surface area contributed by atoms with Gasteiger partial charge in [-0.2, -0.15) is 0 Å². The van der Waals surface area contributed by atoms with E-state index in [1.54, 1.807) is 11.3 Å². The number of aryl methyl sites for hydroxylation is 1. The molecule has 1 unspecified atom stereocenters. The summed E-state index contributed by atoms with van der Waals surface area (Å²) in [5.74, 6) is 0. The van der Waals surface area contributed by atoms with Crippen LogP contribution in [0.5, 0.6) is 0 Å². The molecule has 1 atom stereocenters. The summed E-state index contributed by atoms with van der Waals surface area (Å²) in [7, 11) is 0. The van der Waals surface area contributed by atoms with Gasteiger partial charge in [0.15, 0.2) is 0 Å². The predicted molar refractivity (Wildman–Crippen MR) is 81.9 cm³/mol. The highest BCUT2D eigenvalue weighted by Gasteiger charge is 2.17. The number of hydrogen-bond acceptors (Lipinski definition) is 1. The van der Waals surface area contributed by atoms with Crippen LogP contribution in [0.2, 0.25) is 0 Å². The van der Waals surface area contributed by atoms with Crippen LogP contribution in [-0.4, -0.2) is 0 Å². The van der Waals surface area contributed by atoms with Crippen molar-refractivity contribution in [2.24, 2.45) is 0 Å². The second-order valence-electron chi connectivity index (χ2n) is 5.70. The Labute approximate surface area is 119 Å². The summed E-state index contributed by atoms with van der Waals surface area (Å²) in [5, 5.41) is 2.07. The molecule has 1 heterocycles. The first kappa shape index (κ1) is 13.6. The third kappa shape index (κ3) is 2.78. The van der Waals surface area contributed by atoms with Crippen molar-refractivity contribution in [3.05, 3.63) is 57.3 Å². The van der Waals surface area contributed by atoms with Crippen molar-refractivity contribution in [3.8, 4) is 0 Å². The number of rotatable bonds is 2. The lowest BCUT2D eigenvalue weighted by molar-refractivity contribution is 0.590. The first-order valence-corrected chi connectivity index (χ1v) is 7.49. The molecule has 0 bridgehead atoms. The quantitative estimate of drug-likeness (QED) is 0.620. The molecule has 2 aromatic rings. The van der Waals surface area contributed by atoms with E-state index >= 15 is 0 Å². The second-order valence-corrected chi connectivity index (χ2v) is 7.09. The average Bonchev–Trinajstić information content (AvgIpc) is 2.73. The maximum atomic E-state index is 6.56. The Morgan fingerprint density at radius 1 is 1.06 bits per heavy atom. The molecular formula is C16H19ClS. The number of hydrogen-bond donors (Lipinski definition) is 0. The lowest BCUT2D eigenvalue weighted by Crippen LogP contribution is -2.10. The van der Waals surface area contributed by atoms with E-state index < -0.39 is 0 Å². The normalized spacial score (nSPS) is 13.6. The highest BCUT2D eigenvalue weighted by molar-refractivity contribution is 7.10. The molecule has 0 nitrogen and oxygen atoms in total. The van der Waals surface area contributed by atoms with Crippen molar-refractivity contribution < 1.29 is 0 Å². The van der Waals surface area contributed by atoms with Crippen LogP contribution >= 0.6 is 22.9 Å². The van der Waals surface area contributed by atoms with E-state index in [9.17, 15) is 0 Å². The first-order valence-electron chi connectivity index (χ1n) is 6.18. The van der Waals surface area contributed by atoms with Crippen LogP contribution in [0.25, 0.3) is 0 Å². The monoisotopic (exact) mass is 278 g/mol. The molecular weight excluding hydrogens is 260 g/mol. The fraction of sp³-hybridized carbons (Fsp3) is 0.375. The Balaban J connectivity index is 2.28. The van der Waals surface area contributed by atoms with Gasteiger partial charge in [0.05, 0.1) is 5.38 Å². The molecule has 0 saturated heterocycles. The second kappa shape index (κ2) is 5.07. The summed E-state index contributed by atoms with van der Waals surface area (Å²) in [4.78, 5) is 1.25. The summed E-state index contributed by atoms with van der Waals surface area (Å²) in [6.45, 7) is 8.79. The minimum Gasteiger partial charge on any atom is -0.147 e. The van der Waals surface area contributed by atoms with Gasteiger partial charge in [0, 0.05) is 4.88 Å². The molecule has 0 amide bonds. The van der Waals surface area contributed by atoms with Gasteiger partial charge in [0.2, 0.25) is 0 Å². The Bertz CT molecular complexity index is 517. The topological polar surface area (TPSA) is 0 Å².